The molecular weight excluding hydrogens is 174 g/mol. The molecule has 1 aromatic heterocycles. The minimum Gasteiger partial charge on any atom is -0.356 e. The molecule has 0 amide bonds. The Morgan fingerprint density at radius 2 is 2.43 bits per heavy atom. The van der Waals surface area contributed by atoms with Crippen LogP contribution >= 0.6 is 0 Å². The Bertz CT molecular complexity index is 292. The predicted octanol–water partition coefficient (Wildman–Crippen LogP) is 2.68. The molecule has 14 heavy (non-hydrogen) atoms. The van der Waals surface area contributed by atoms with Crippen molar-refractivity contribution in [2.24, 2.45) is 5.92 Å². The number of rotatable bonds is 5. The van der Waals surface area contributed by atoms with Crippen molar-refractivity contribution >= 4 is 5.95 Å². The molecule has 78 valence electrons. The van der Waals surface area contributed by atoms with E-state index in [2.05, 4.69) is 34.9 Å². The van der Waals surface area contributed by atoms with Crippen LogP contribution in [0, 0.1) is 5.92 Å². The van der Waals surface area contributed by atoms with E-state index in [0.717, 1.165) is 18.4 Å². The Morgan fingerprint density at radius 3 is 3.07 bits per heavy atom. The van der Waals surface area contributed by atoms with Crippen LogP contribution in [0.3, 0.4) is 0 Å². The van der Waals surface area contributed by atoms with E-state index in [1.165, 1.54) is 19.3 Å². The Morgan fingerprint density at radius 1 is 1.64 bits per heavy atom. The molecule has 1 aliphatic rings. The number of hydrogen-bond donors (Lipinski definition) is 1. The van der Waals surface area contributed by atoms with Gasteiger partial charge in [0.15, 0.2) is 0 Å². The van der Waals surface area contributed by atoms with Crippen molar-refractivity contribution in [3.63, 3.8) is 0 Å². The zero-order chi connectivity index (χ0) is 9.97. The van der Waals surface area contributed by atoms with E-state index in [0.29, 0.717) is 6.04 Å². The molecule has 0 aliphatic heterocycles. The molecule has 1 N–H and O–H groups in total. The molecule has 2 atom stereocenters. The Balaban J connectivity index is 1.93. The summed E-state index contributed by atoms with van der Waals surface area (Å²) in [6.07, 6.45) is 7.72. The first-order valence-corrected chi connectivity index (χ1v) is 5.59. The van der Waals surface area contributed by atoms with Crippen LogP contribution in [-0.2, 0) is 0 Å². The van der Waals surface area contributed by atoms with Crippen molar-refractivity contribution in [1.29, 1.82) is 0 Å². The van der Waals surface area contributed by atoms with Gasteiger partial charge in [0.2, 0.25) is 5.95 Å². The lowest BCUT2D eigenvalue weighted by Gasteiger charge is -2.08. The first kappa shape index (κ1) is 9.56. The zero-order valence-corrected chi connectivity index (χ0v) is 9.03. The van der Waals surface area contributed by atoms with Crippen molar-refractivity contribution < 1.29 is 0 Å². The average Bonchev–Trinajstić information content (AvgIpc) is 2.73. The fourth-order valence-electron chi connectivity index (χ4n) is 1.78. The number of nitrogens with zero attached hydrogens (tertiary/aromatic N) is 2. The van der Waals surface area contributed by atoms with E-state index in [1.54, 1.807) is 0 Å². The van der Waals surface area contributed by atoms with E-state index in [1.807, 2.05) is 6.20 Å². The highest BCUT2D eigenvalue weighted by atomic mass is 15.2. The topological polar surface area (TPSA) is 29.9 Å². The van der Waals surface area contributed by atoms with Gasteiger partial charge in [-0.15, -0.1) is 0 Å². The highest BCUT2D eigenvalue weighted by molar-refractivity contribution is 5.27. The molecule has 3 nitrogen and oxygen atoms in total. The summed E-state index contributed by atoms with van der Waals surface area (Å²) in [7, 11) is 0. The van der Waals surface area contributed by atoms with Gasteiger partial charge in [-0.1, -0.05) is 20.3 Å². The lowest BCUT2D eigenvalue weighted by atomic mass is 10.3. The van der Waals surface area contributed by atoms with Crippen molar-refractivity contribution in [2.45, 2.75) is 39.2 Å². The van der Waals surface area contributed by atoms with Crippen LogP contribution in [-0.4, -0.2) is 16.1 Å². The van der Waals surface area contributed by atoms with Gasteiger partial charge in [0.1, 0.15) is 0 Å². The van der Waals surface area contributed by atoms with Gasteiger partial charge in [0.25, 0.3) is 0 Å². The third kappa shape index (κ3) is 1.91. The third-order valence-electron chi connectivity index (χ3n) is 2.91. The van der Waals surface area contributed by atoms with Gasteiger partial charge in [-0.25, -0.2) is 4.98 Å². The maximum Gasteiger partial charge on any atom is 0.203 e. The van der Waals surface area contributed by atoms with E-state index >= 15 is 0 Å². The molecule has 1 saturated carbocycles. The number of anilines is 1. The smallest absolute Gasteiger partial charge is 0.203 e. The number of nitrogens with one attached hydrogen (secondary N) is 1. The summed E-state index contributed by atoms with van der Waals surface area (Å²) in [4.78, 5) is 4.34. The molecule has 2 rings (SSSR count). The summed E-state index contributed by atoms with van der Waals surface area (Å²) < 4.78 is 2.28. The number of unbranched alkanes of at least 4 members (excludes halogenated alkanes) is 1. The van der Waals surface area contributed by atoms with Gasteiger partial charge in [-0.3, -0.25) is 0 Å². The Hall–Kier alpha value is -0.990. The normalized spacial score (nSPS) is 25.0. The average molecular weight is 193 g/mol. The molecule has 0 radical (unpaired) electrons. The van der Waals surface area contributed by atoms with Crippen LogP contribution in [0.5, 0.6) is 0 Å². The van der Waals surface area contributed by atoms with Crippen molar-refractivity contribution in [3.8, 4) is 0 Å². The molecule has 0 aromatic carbocycles. The minimum atomic E-state index is 0.696. The molecule has 1 fully saturated rings. The fraction of sp³-hybridized carbons (Fsp3) is 0.727. The lowest BCUT2D eigenvalue weighted by Crippen LogP contribution is -2.07. The summed E-state index contributed by atoms with van der Waals surface area (Å²) in [6.45, 7) is 5.53. The van der Waals surface area contributed by atoms with Crippen LogP contribution in [0.1, 0.15) is 39.2 Å². The second kappa shape index (κ2) is 4.03. The van der Waals surface area contributed by atoms with Gasteiger partial charge < -0.3 is 9.88 Å². The molecule has 3 heteroatoms. The molecule has 1 aromatic rings. The van der Waals surface area contributed by atoms with Gasteiger partial charge in [0.05, 0.1) is 0 Å². The van der Waals surface area contributed by atoms with Crippen LogP contribution in [0.2, 0.25) is 0 Å². The van der Waals surface area contributed by atoms with Gasteiger partial charge in [-0.05, 0) is 18.8 Å². The first-order chi connectivity index (χ1) is 6.83. The highest BCUT2D eigenvalue weighted by Crippen LogP contribution is 2.43. The van der Waals surface area contributed by atoms with E-state index < -0.39 is 0 Å². The van der Waals surface area contributed by atoms with Crippen LogP contribution in [0.15, 0.2) is 12.4 Å². The van der Waals surface area contributed by atoms with E-state index in [9.17, 15) is 0 Å². The number of hydrogen-bond acceptors (Lipinski definition) is 2. The standard InChI is InChI=1S/C11H19N3/c1-3-4-5-12-11-13-6-7-14(11)10-8-9(10)2/h6-7,9-10H,3-5,8H2,1-2H3,(H,12,13). The minimum absolute atomic E-state index is 0.696. The second-order valence-corrected chi connectivity index (χ2v) is 4.22. The summed E-state index contributed by atoms with van der Waals surface area (Å²) >= 11 is 0. The Labute approximate surface area is 85.5 Å². The monoisotopic (exact) mass is 193 g/mol. The second-order valence-electron chi connectivity index (χ2n) is 4.22. The van der Waals surface area contributed by atoms with Crippen LogP contribution in [0.25, 0.3) is 0 Å². The lowest BCUT2D eigenvalue weighted by molar-refractivity contribution is 0.685. The van der Waals surface area contributed by atoms with Crippen molar-refractivity contribution in [1.82, 2.24) is 9.55 Å². The van der Waals surface area contributed by atoms with Crippen LogP contribution < -0.4 is 5.32 Å². The third-order valence-corrected chi connectivity index (χ3v) is 2.91. The molecule has 0 bridgehead atoms. The molecule has 1 heterocycles. The number of imidazole rings is 1. The van der Waals surface area contributed by atoms with E-state index in [-0.39, 0.29) is 0 Å². The molecular formula is C11H19N3. The van der Waals surface area contributed by atoms with Gasteiger partial charge in [0, 0.05) is 25.0 Å². The Kier molecular flexibility index (Phi) is 2.75. The molecule has 2 unspecified atom stereocenters. The zero-order valence-electron chi connectivity index (χ0n) is 9.03. The largest absolute Gasteiger partial charge is 0.356 e. The summed E-state index contributed by atoms with van der Waals surface area (Å²) in [5.74, 6) is 1.88. The summed E-state index contributed by atoms with van der Waals surface area (Å²) in [5, 5.41) is 3.39. The molecule has 0 spiro atoms. The van der Waals surface area contributed by atoms with Crippen LogP contribution in [0.4, 0.5) is 5.95 Å². The summed E-state index contributed by atoms with van der Waals surface area (Å²) in [6, 6.07) is 0.696. The SMILES string of the molecule is CCCCNc1nccn1C1CC1C. The predicted molar refractivity (Wildman–Crippen MR) is 58.4 cm³/mol. The van der Waals surface area contributed by atoms with Gasteiger partial charge >= 0.3 is 0 Å². The van der Waals surface area contributed by atoms with Crippen molar-refractivity contribution in [2.75, 3.05) is 11.9 Å². The first-order valence-electron chi connectivity index (χ1n) is 5.59. The summed E-state index contributed by atoms with van der Waals surface area (Å²) in [5.41, 5.74) is 0. The fourth-order valence-corrected chi connectivity index (χ4v) is 1.78. The maximum atomic E-state index is 4.34. The highest BCUT2D eigenvalue weighted by Gasteiger charge is 2.35. The quantitative estimate of drug-likeness (QED) is 0.729. The van der Waals surface area contributed by atoms with E-state index in [4.69, 9.17) is 0 Å². The molecule has 0 saturated heterocycles. The maximum absolute atomic E-state index is 4.34. The number of aromatic nitrogens is 2. The van der Waals surface area contributed by atoms with Crippen molar-refractivity contribution in [3.05, 3.63) is 12.4 Å². The van der Waals surface area contributed by atoms with Gasteiger partial charge in [-0.2, -0.15) is 0 Å². The molecule has 1 aliphatic carbocycles.